The Balaban J connectivity index is 1.64. The van der Waals surface area contributed by atoms with Gasteiger partial charge in [0.1, 0.15) is 5.82 Å². The Kier molecular flexibility index (Phi) is 5.76. The number of halogens is 1. The lowest BCUT2D eigenvalue weighted by atomic mass is 10.1. The van der Waals surface area contributed by atoms with Crippen LogP contribution in [0.5, 0.6) is 0 Å². The van der Waals surface area contributed by atoms with Gasteiger partial charge in [0.2, 0.25) is 0 Å². The van der Waals surface area contributed by atoms with Gasteiger partial charge in [0, 0.05) is 39.3 Å². The van der Waals surface area contributed by atoms with E-state index in [1.165, 1.54) is 6.07 Å². The third-order valence-electron chi connectivity index (χ3n) is 3.49. The van der Waals surface area contributed by atoms with E-state index in [1.54, 1.807) is 12.1 Å². The molecule has 1 unspecified atom stereocenters. The van der Waals surface area contributed by atoms with Gasteiger partial charge in [-0.3, -0.25) is 0 Å². The van der Waals surface area contributed by atoms with Crippen molar-refractivity contribution in [3.8, 4) is 0 Å². The quantitative estimate of drug-likeness (QED) is 0.815. The molecule has 3 nitrogen and oxygen atoms in total. The van der Waals surface area contributed by atoms with E-state index in [-0.39, 0.29) is 5.82 Å². The minimum atomic E-state index is -0.159. The summed E-state index contributed by atoms with van der Waals surface area (Å²) < 4.78 is 13.0. The molecule has 2 N–H and O–H groups in total. The van der Waals surface area contributed by atoms with Crippen molar-refractivity contribution in [1.29, 1.82) is 0 Å². The molecule has 1 aromatic rings. The molecule has 0 aliphatic carbocycles. The Morgan fingerprint density at radius 1 is 1.37 bits per heavy atom. The summed E-state index contributed by atoms with van der Waals surface area (Å²) in [5.74, 6) is 0.458. The summed E-state index contributed by atoms with van der Waals surface area (Å²) in [5, 5.41) is 6.77. The summed E-state index contributed by atoms with van der Waals surface area (Å²) in [6.45, 7) is 9.61. The van der Waals surface area contributed by atoms with E-state index in [2.05, 4.69) is 22.5 Å². The summed E-state index contributed by atoms with van der Waals surface area (Å²) in [7, 11) is 0. The number of hydrogen-bond acceptors (Lipinski definition) is 3. The molecule has 106 valence electrons. The van der Waals surface area contributed by atoms with Crippen molar-refractivity contribution in [2.24, 2.45) is 5.92 Å². The zero-order valence-corrected chi connectivity index (χ0v) is 11.7. The third kappa shape index (κ3) is 5.27. The van der Waals surface area contributed by atoms with Gasteiger partial charge in [-0.2, -0.15) is 0 Å². The van der Waals surface area contributed by atoms with E-state index in [1.807, 2.05) is 6.07 Å². The molecule has 0 radical (unpaired) electrons. The molecule has 2 rings (SSSR count). The van der Waals surface area contributed by atoms with Crippen LogP contribution in [0, 0.1) is 11.7 Å². The molecule has 1 aromatic carbocycles. The number of nitrogens with one attached hydrogen (secondary N) is 2. The van der Waals surface area contributed by atoms with E-state index in [4.69, 9.17) is 0 Å². The number of benzene rings is 1. The summed E-state index contributed by atoms with van der Waals surface area (Å²) in [5.41, 5.74) is 1.01. The van der Waals surface area contributed by atoms with E-state index >= 15 is 0 Å². The smallest absolute Gasteiger partial charge is 0.123 e. The molecule has 0 aromatic heterocycles. The minimum absolute atomic E-state index is 0.159. The first-order valence-electron chi connectivity index (χ1n) is 7.12. The molecule has 1 heterocycles. The first-order chi connectivity index (χ1) is 9.24. The zero-order chi connectivity index (χ0) is 13.5. The fourth-order valence-electron chi connectivity index (χ4n) is 2.51. The maximum Gasteiger partial charge on any atom is 0.123 e. The Labute approximate surface area is 115 Å². The molecular weight excluding hydrogens is 241 g/mol. The van der Waals surface area contributed by atoms with Crippen LogP contribution in [0.2, 0.25) is 0 Å². The lowest BCUT2D eigenvalue weighted by molar-refractivity contribution is 0.209. The number of hydrogen-bond donors (Lipinski definition) is 2. The van der Waals surface area contributed by atoms with Crippen LogP contribution in [-0.4, -0.2) is 44.2 Å². The van der Waals surface area contributed by atoms with E-state index in [9.17, 15) is 4.39 Å². The molecule has 4 heteroatoms. The van der Waals surface area contributed by atoms with Crippen LogP contribution in [0.4, 0.5) is 4.39 Å². The first kappa shape index (κ1) is 14.4. The molecule has 1 aliphatic heterocycles. The summed E-state index contributed by atoms with van der Waals surface area (Å²) in [6.07, 6.45) is 0. The Morgan fingerprint density at radius 3 is 2.89 bits per heavy atom. The van der Waals surface area contributed by atoms with Gasteiger partial charge in [-0.15, -0.1) is 0 Å². The highest BCUT2D eigenvalue weighted by Crippen LogP contribution is 2.04. The Morgan fingerprint density at radius 2 is 2.16 bits per heavy atom. The fraction of sp³-hybridized carbons (Fsp3) is 0.600. The van der Waals surface area contributed by atoms with Crippen molar-refractivity contribution in [2.75, 3.05) is 39.3 Å². The van der Waals surface area contributed by atoms with Crippen molar-refractivity contribution >= 4 is 0 Å². The molecule has 1 aliphatic rings. The van der Waals surface area contributed by atoms with Crippen LogP contribution in [0.1, 0.15) is 12.5 Å². The maximum absolute atomic E-state index is 13.0. The maximum atomic E-state index is 13.0. The van der Waals surface area contributed by atoms with Gasteiger partial charge in [-0.25, -0.2) is 4.39 Å². The first-order valence-corrected chi connectivity index (χ1v) is 7.12. The van der Waals surface area contributed by atoms with E-state index < -0.39 is 0 Å². The highest BCUT2D eigenvalue weighted by molar-refractivity contribution is 5.15. The number of rotatable bonds is 6. The van der Waals surface area contributed by atoms with Crippen molar-refractivity contribution in [3.63, 3.8) is 0 Å². The predicted molar refractivity (Wildman–Crippen MR) is 76.6 cm³/mol. The van der Waals surface area contributed by atoms with Crippen LogP contribution in [0.3, 0.4) is 0 Å². The van der Waals surface area contributed by atoms with Gasteiger partial charge in [-0.1, -0.05) is 19.1 Å². The Hall–Kier alpha value is -0.970. The third-order valence-corrected chi connectivity index (χ3v) is 3.49. The van der Waals surface area contributed by atoms with E-state index in [0.29, 0.717) is 5.92 Å². The van der Waals surface area contributed by atoms with Gasteiger partial charge in [0.05, 0.1) is 0 Å². The highest BCUT2D eigenvalue weighted by atomic mass is 19.1. The topological polar surface area (TPSA) is 27.3 Å². The highest BCUT2D eigenvalue weighted by Gasteiger charge is 2.12. The van der Waals surface area contributed by atoms with Crippen LogP contribution >= 0.6 is 0 Å². The predicted octanol–water partition coefficient (Wildman–Crippen LogP) is 1.46. The van der Waals surface area contributed by atoms with Crippen LogP contribution in [0.15, 0.2) is 24.3 Å². The van der Waals surface area contributed by atoms with Gasteiger partial charge in [0.25, 0.3) is 0 Å². The normalized spacial score (nSPS) is 18.4. The molecule has 1 fully saturated rings. The SMILES string of the molecule is CC(CNCc1cccc(F)c1)CN1CCNCC1. The lowest BCUT2D eigenvalue weighted by Gasteiger charge is -2.29. The van der Waals surface area contributed by atoms with Crippen molar-refractivity contribution in [1.82, 2.24) is 15.5 Å². The van der Waals surface area contributed by atoms with Gasteiger partial charge < -0.3 is 15.5 Å². The molecule has 1 saturated heterocycles. The molecular formula is C15H24FN3. The van der Waals surface area contributed by atoms with Gasteiger partial charge in [0.15, 0.2) is 0 Å². The second kappa shape index (κ2) is 7.58. The molecule has 19 heavy (non-hydrogen) atoms. The van der Waals surface area contributed by atoms with Gasteiger partial charge >= 0.3 is 0 Å². The van der Waals surface area contributed by atoms with Crippen LogP contribution < -0.4 is 10.6 Å². The van der Waals surface area contributed by atoms with Crippen LogP contribution in [-0.2, 0) is 6.54 Å². The monoisotopic (exact) mass is 265 g/mol. The molecule has 0 bridgehead atoms. The Bertz CT molecular complexity index is 377. The minimum Gasteiger partial charge on any atom is -0.314 e. The summed E-state index contributed by atoms with van der Waals surface area (Å²) in [6, 6.07) is 6.79. The van der Waals surface area contributed by atoms with Gasteiger partial charge in [-0.05, 0) is 30.2 Å². The number of piperazine rings is 1. The molecule has 0 saturated carbocycles. The average Bonchev–Trinajstić information content (AvgIpc) is 2.40. The molecule has 0 amide bonds. The van der Waals surface area contributed by atoms with Crippen molar-refractivity contribution < 1.29 is 4.39 Å². The lowest BCUT2D eigenvalue weighted by Crippen LogP contribution is -2.45. The summed E-state index contributed by atoms with van der Waals surface area (Å²) >= 11 is 0. The van der Waals surface area contributed by atoms with Crippen LogP contribution in [0.25, 0.3) is 0 Å². The average molecular weight is 265 g/mol. The standard InChI is InChI=1S/C15H24FN3/c1-13(12-19-7-5-17-6-8-19)10-18-11-14-3-2-4-15(16)9-14/h2-4,9,13,17-18H,5-8,10-12H2,1H3. The van der Waals surface area contributed by atoms with Crippen molar-refractivity contribution in [2.45, 2.75) is 13.5 Å². The van der Waals surface area contributed by atoms with E-state index in [0.717, 1.165) is 51.4 Å². The zero-order valence-electron chi connectivity index (χ0n) is 11.7. The second-order valence-electron chi connectivity index (χ2n) is 5.42. The molecule has 1 atom stereocenters. The second-order valence-corrected chi connectivity index (χ2v) is 5.42. The summed E-state index contributed by atoms with van der Waals surface area (Å²) in [4.78, 5) is 2.50. The largest absolute Gasteiger partial charge is 0.314 e. The van der Waals surface area contributed by atoms with Crippen molar-refractivity contribution in [3.05, 3.63) is 35.6 Å². The fourth-order valence-corrected chi connectivity index (χ4v) is 2.51. The number of nitrogens with zero attached hydrogens (tertiary/aromatic N) is 1. The molecule has 0 spiro atoms.